The van der Waals surface area contributed by atoms with Crippen LogP contribution in [0.4, 0.5) is 10.3 Å². The van der Waals surface area contributed by atoms with Crippen molar-refractivity contribution in [1.82, 2.24) is 24.5 Å². The van der Waals surface area contributed by atoms with Gasteiger partial charge in [-0.2, -0.15) is 9.78 Å². The van der Waals surface area contributed by atoms with Gasteiger partial charge in [0.25, 0.3) is 0 Å². The fourth-order valence-electron chi connectivity index (χ4n) is 3.03. The van der Waals surface area contributed by atoms with Gasteiger partial charge in [0, 0.05) is 31.6 Å². The SMILES string of the molecule is Cc1nc2c3ccc(C#N)c(F)c3nc(N3CCN(C)CC3)n2n1. The number of likely N-dealkylation sites (N-methyl/N-ethyl adjacent to an activating group) is 1. The van der Waals surface area contributed by atoms with Crippen molar-refractivity contribution in [3.63, 3.8) is 0 Å². The van der Waals surface area contributed by atoms with Gasteiger partial charge in [-0.05, 0) is 26.1 Å². The van der Waals surface area contributed by atoms with Crippen LogP contribution in [-0.2, 0) is 0 Å². The zero-order chi connectivity index (χ0) is 16.8. The number of nitrogens with zero attached hydrogens (tertiary/aromatic N) is 7. The van der Waals surface area contributed by atoms with Gasteiger partial charge < -0.3 is 9.80 Å². The molecule has 24 heavy (non-hydrogen) atoms. The summed E-state index contributed by atoms with van der Waals surface area (Å²) >= 11 is 0. The van der Waals surface area contributed by atoms with Crippen LogP contribution in [0, 0.1) is 24.1 Å². The van der Waals surface area contributed by atoms with Crippen molar-refractivity contribution in [2.75, 3.05) is 38.1 Å². The Morgan fingerprint density at radius 1 is 1.17 bits per heavy atom. The Kier molecular flexibility index (Phi) is 3.32. The highest BCUT2D eigenvalue weighted by molar-refractivity contribution is 5.93. The topological polar surface area (TPSA) is 73.4 Å². The molecule has 1 aliphatic rings. The number of anilines is 1. The predicted molar refractivity (Wildman–Crippen MR) is 87.4 cm³/mol. The molecule has 1 saturated heterocycles. The van der Waals surface area contributed by atoms with E-state index in [1.54, 1.807) is 17.5 Å². The molecular weight excluding hydrogens is 309 g/mol. The summed E-state index contributed by atoms with van der Waals surface area (Å²) in [5, 5.41) is 14.1. The lowest BCUT2D eigenvalue weighted by molar-refractivity contribution is 0.310. The normalized spacial score (nSPS) is 16.0. The van der Waals surface area contributed by atoms with Crippen molar-refractivity contribution < 1.29 is 4.39 Å². The smallest absolute Gasteiger partial charge is 0.229 e. The Bertz CT molecular complexity index is 980. The average Bonchev–Trinajstić information content (AvgIpc) is 2.97. The first-order chi connectivity index (χ1) is 11.6. The van der Waals surface area contributed by atoms with Gasteiger partial charge in [-0.1, -0.05) is 0 Å². The van der Waals surface area contributed by atoms with Crippen molar-refractivity contribution in [2.45, 2.75) is 6.92 Å². The van der Waals surface area contributed by atoms with E-state index in [1.807, 2.05) is 6.07 Å². The van der Waals surface area contributed by atoms with Crippen molar-refractivity contribution in [2.24, 2.45) is 0 Å². The third-order valence-electron chi connectivity index (χ3n) is 4.38. The average molecular weight is 325 g/mol. The fraction of sp³-hybridized carbons (Fsp3) is 0.375. The molecule has 1 aliphatic heterocycles. The number of fused-ring (bicyclic) bond motifs is 3. The van der Waals surface area contributed by atoms with E-state index in [1.165, 1.54) is 6.07 Å². The van der Waals surface area contributed by atoms with Crippen LogP contribution in [-0.4, -0.2) is 57.7 Å². The minimum atomic E-state index is -0.603. The number of halogens is 1. The molecule has 0 amide bonds. The van der Waals surface area contributed by atoms with Crippen LogP contribution in [0.25, 0.3) is 16.6 Å². The van der Waals surface area contributed by atoms with Gasteiger partial charge >= 0.3 is 0 Å². The van der Waals surface area contributed by atoms with Crippen molar-refractivity contribution >= 4 is 22.5 Å². The molecule has 0 aliphatic carbocycles. The highest BCUT2D eigenvalue weighted by atomic mass is 19.1. The summed E-state index contributed by atoms with van der Waals surface area (Å²) in [5.74, 6) is 0.568. The van der Waals surface area contributed by atoms with E-state index in [2.05, 4.69) is 31.9 Å². The first-order valence-corrected chi connectivity index (χ1v) is 7.77. The highest BCUT2D eigenvalue weighted by Crippen LogP contribution is 2.26. The lowest BCUT2D eigenvalue weighted by Crippen LogP contribution is -2.45. The standard InChI is InChI=1S/C16H16FN7/c1-10-19-15-12-4-3-11(9-18)13(17)14(12)20-16(24(15)21-10)23-7-5-22(2)6-8-23/h3-4H,5-8H2,1-2H3. The molecule has 0 saturated carbocycles. The van der Waals surface area contributed by atoms with Crippen LogP contribution in [0.2, 0.25) is 0 Å². The van der Waals surface area contributed by atoms with Crippen LogP contribution in [0.5, 0.6) is 0 Å². The summed E-state index contributed by atoms with van der Waals surface area (Å²) < 4.78 is 16.3. The fourth-order valence-corrected chi connectivity index (χ4v) is 3.03. The van der Waals surface area contributed by atoms with Crippen LogP contribution >= 0.6 is 0 Å². The summed E-state index contributed by atoms with van der Waals surface area (Å²) in [4.78, 5) is 13.3. The molecule has 0 unspecified atom stereocenters. The number of piperazine rings is 1. The second-order valence-corrected chi connectivity index (χ2v) is 6.03. The highest BCUT2D eigenvalue weighted by Gasteiger charge is 2.22. The number of hydrogen-bond acceptors (Lipinski definition) is 6. The number of hydrogen-bond donors (Lipinski definition) is 0. The number of aromatic nitrogens is 4. The molecule has 0 atom stereocenters. The maximum absolute atomic E-state index is 14.6. The van der Waals surface area contributed by atoms with E-state index in [4.69, 9.17) is 5.26 Å². The second-order valence-electron chi connectivity index (χ2n) is 6.03. The maximum atomic E-state index is 14.6. The van der Waals surface area contributed by atoms with Crippen molar-refractivity contribution in [3.8, 4) is 6.07 Å². The molecule has 4 rings (SSSR count). The van der Waals surface area contributed by atoms with E-state index in [-0.39, 0.29) is 11.1 Å². The molecule has 0 N–H and O–H groups in total. The number of benzene rings is 1. The quantitative estimate of drug-likeness (QED) is 0.672. The summed E-state index contributed by atoms with van der Waals surface area (Å²) in [6.07, 6.45) is 0. The molecular formula is C16H16FN7. The molecule has 8 heteroatoms. The molecule has 0 radical (unpaired) electrons. The van der Waals surface area contributed by atoms with Gasteiger partial charge in [-0.3, -0.25) is 0 Å². The van der Waals surface area contributed by atoms with E-state index in [9.17, 15) is 4.39 Å². The zero-order valence-corrected chi connectivity index (χ0v) is 13.5. The van der Waals surface area contributed by atoms with E-state index < -0.39 is 5.82 Å². The van der Waals surface area contributed by atoms with E-state index in [0.29, 0.717) is 22.8 Å². The van der Waals surface area contributed by atoms with Crippen LogP contribution in [0.3, 0.4) is 0 Å². The summed E-state index contributed by atoms with van der Waals surface area (Å²) in [6, 6.07) is 5.01. The lowest BCUT2D eigenvalue weighted by Gasteiger charge is -2.33. The zero-order valence-electron chi connectivity index (χ0n) is 13.5. The number of nitriles is 1. The molecule has 0 bridgehead atoms. The molecule has 0 spiro atoms. The summed E-state index contributed by atoms with van der Waals surface area (Å²) in [6.45, 7) is 5.16. The van der Waals surface area contributed by atoms with Crippen LogP contribution < -0.4 is 4.90 Å². The molecule has 2 aromatic heterocycles. The monoisotopic (exact) mass is 325 g/mol. The predicted octanol–water partition coefficient (Wildman–Crippen LogP) is 1.35. The van der Waals surface area contributed by atoms with Gasteiger partial charge in [-0.15, -0.1) is 5.10 Å². The van der Waals surface area contributed by atoms with Crippen LogP contribution in [0.1, 0.15) is 11.4 Å². The summed E-state index contributed by atoms with van der Waals surface area (Å²) in [7, 11) is 2.07. The van der Waals surface area contributed by atoms with E-state index >= 15 is 0 Å². The third-order valence-corrected chi connectivity index (χ3v) is 4.38. The molecule has 1 aromatic carbocycles. The maximum Gasteiger partial charge on any atom is 0.229 e. The molecule has 7 nitrogen and oxygen atoms in total. The Morgan fingerprint density at radius 3 is 2.62 bits per heavy atom. The van der Waals surface area contributed by atoms with Gasteiger partial charge in [-0.25, -0.2) is 14.4 Å². The Hall–Kier alpha value is -2.79. The second kappa shape index (κ2) is 5.39. The van der Waals surface area contributed by atoms with Gasteiger partial charge in [0.05, 0.1) is 5.56 Å². The van der Waals surface area contributed by atoms with Crippen molar-refractivity contribution in [3.05, 3.63) is 29.3 Å². The largest absolute Gasteiger partial charge is 0.338 e. The number of aryl methyl sites for hydroxylation is 1. The first kappa shape index (κ1) is 14.8. The van der Waals surface area contributed by atoms with Crippen molar-refractivity contribution in [1.29, 1.82) is 5.26 Å². The van der Waals surface area contributed by atoms with Gasteiger partial charge in [0.15, 0.2) is 11.5 Å². The van der Waals surface area contributed by atoms with E-state index in [0.717, 1.165) is 26.2 Å². The van der Waals surface area contributed by atoms with Gasteiger partial charge in [0.2, 0.25) is 5.95 Å². The lowest BCUT2D eigenvalue weighted by atomic mass is 10.1. The summed E-state index contributed by atoms with van der Waals surface area (Å²) in [5.41, 5.74) is 0.720. The molecule has 3 heterocycles. The molecule has 122 valence electrons. The molecule has 3 aromatic rings. The molecule has 1 fully saturated rings. The van der Waals surface area contributed by atoms with Gasteiger partial charge in [0.1, 0.15) is 17.4 Å². The van der Waals surface area contributed by atoms with Crippen LogP contribution in [0.15, 0.2) is 12.1 Å². The Labute approximate surface area is 137 Å². The Balaban J connectivity index is 2.00. The Morgan fingerprint density at radius 2 is 1.92 bits per heavy atom. The number of rotatable bonds is 1. The first-order valence-electron chi connectivity index (χ1n) is 7.77. The third kappa shape index (κ3) is 2.17. The minimum Gasteiger partial charge on any atom is -0.338 e. The minimum absolute atomic E-state index is 0.0140.